The molecule has 0 aliphatic rings. The molecular weight excluding hydrogens is 305 g/mol. The van der Waals surface area contributed by atoms with Crippen LogP contribution >= 0.6 is 23.5 Å². The molecule has 0 spiro atoms. The van der Waals surface area contributed by atoms with Crippen LogP contribution in [0.3, 0.4) is 0 Å². The third kappa shape index (κ3) is 4.02. The number of amides is 1. The minimum absolute atomic E-state index is 0.197. The minimum Gasteiger partial charge on any atom is -0.345 e. The van der Waals surface area contributed by atoms with E-state index < -0.39 is 5.82 Å². The molecule has 0 unspecified atom stereocenters. The van der Waals surface area contributed by atoms with Gasteiger partial charge in [0.15, 0.2) is 0 Å². The molecule has 0 atom stereocenters. The maximum atomic E-state index is 13.4. The van der Waals surface area contributed by atoms with E-state index >= 15 is 0 Å². The molecule has 0 radical (unpaired) electrons. The molecule has 0 heterocycles. The predicted octanol–water partition coefficient (Wildman–Crippen LogP) is 4.40. The van der Waals surface area contributed by atoms with Crippen LogP contribution in [-0.2, 0) is 0 Å². The van der Waals surface area contributed by atoms with E-state index in [0.717, 1.165) is 9.79 Å². The number of hydrogen-bond donors (Lipinski definition) is 0. The van der Waals surface area contributed by atoms with Crippen molar-refractivity contribution in [3.63, 3.8) is 0 Å². The lowest BCUT2D eigenvalue weighted by Crippen LogP contribution is -2.22. The monoisotopic (exact) mass is 321 g/mol. The van der Waals surface area contributed by atoms with Gasteiger partial charge in [0, 0.05) is 28.8 Å². The zero-order valence-electron chi connectivity index (χ0n) is 12.1. The van der Waals surface area contributed by atoms with Crippen molar-refractivity contribution < 1.29 is 9.18 Å². The van der Waals surface area contributed by atoms with Crippen LogP contribution in [0.5, 0.6) is 0 Å². The van der Waals surface area contributed by atoms with E-state index in [1.165, 1.54) is 33.7 Å². The van der Waals surface area contributed by atoms with Crippen molar-refractivity contribution in [2.75, 3.05) is 20.4 Å². The summed E-state index contributed by atoms with van der Waals surface area (Å²) in [6, 6.07) is 12.4. The molecule has 2 aromatic carbocycles. The van der Waals surface area contributed by atoms with Crippen molar-refractivity contribution in [1.82, 2.24) is 4.90 Å². The summed E-state index contributed by atoms with van der Waals surface area (Å²) < 4.78 is 13.4. The van der Waals surface area contributed by atoms with Gasteiger partial charge in [-0.2, -0.15) is 0 Å². The molecule has 0 aliphatic carbocycles. The van der Waals surface area contributed by atoms with E-state index in [1.807, 2.05) is 30.5 Å². The van der Waals surface area contributed by atoms with Crippen molar-refractivity contribution >= 4 is 29.4 Å². The van der Waals surface area contributed by atoms with Crippen LogP contribution in [-0.4, -0.2) is 31.2 Å². The van der Waals surface area contributed by atoms with Crippen molar-refractivity contribution in [3.05, 3.63) is 53.8 Å². The fourth-order valence-electron chi connectivity index (χ4n) is 1.77. The van der Waals surface area contributed by atoms with Crippen molar-refractivity contribution in [3.8, 4) is 0 Å². The van der Waals surface area contributed by atoms with E-state index in [-0.39, 0.29) is 5.91 Å². The fourth-order valence-corrected chi connectivity index (χ4v) is 3.10. The normalized spacial score (nSPS) is 10.5. The number of nitrogens with zero attached hydrogens (tertiary/aromatic N) is 1. The van der Waals surface area contributed by atoms with Gasteiger partial charge in [-0.1, -0.05) is 11.8 Å². The van der Waals surface area contributed by atoms with E-state index in [2.05, 4.69) is 0 Å². The maximum absolute atomic E-state index is 13.4. The number of benzene rings is 2. The summed E-state index contributed by atoms with van der Waals surface area (Å²) in [5, 5.41) is 0. The first-order valence-electron chi connectivity index (χ1n) is 6.34. The number of carbonyl (C=O) groups is 1. The SMILES string of the molecule is CSc1ccc(Sc2ccc(F)cc2C(=O)N(C)C)cc1. The molecule has 0 aliphatic heterocycles. The summed E-state index contributed by atoms with van der Waals surface area (Å²) in [6.07, 6.45) is 2.02. The molecule has 0 bridgehead atoms. The average Bonchev–Trinajstić information content (AvgIpc) is 2.49. The zero-order valence-corrected chi connectivity index (χ0v) is 13.7. The van der Waals surface area contributed by atoms with Gasteiger partial charge in [-0.15, -0.1) is 11.8 Å². The van der Waals surface area contributed by atoms with E-state index in [0.29, 0.717) is 5.56 Å². The van der Waals surface area contributed by atoms with Gasteiger partial charge >= 0.3 is 0 Å². The third-order valence-corrected chi connectivity index (χ3v) is 4.69. The summed E-state index contributed by atoms with van der Waals surface area (Å²) in [5.41, 5.74) is 0.388. The Morgan fingerprint density at radius 1 is 1.05 bits per heavy atom. The minimum atomic E-state index is -0.401. The topological polar surface area (TPSA) is 20.3 Å². The Bertz CT molecular complexity index is 641. The van der Waals surface area contributed by atoms with Gasteiger partial charge in [-0.05, 0) is 48.7 Å². The van der Waals surface area contributed by atoms with Crippen LogP contribution in [0.1, 0.15) is 10.4 Å². The molecule has 0 fully saturated rings. The number of carbonyl (C=O) groups excluding carboxylic acids is 1. The first-order valence-corrected chi connectivity index (χ1v) is 8.38. The molecule has 0 aromatic heterocycles. The molecule has 0 saturated heterocycles. The van der Waals surface area contributed by atoms with E-state index in [4.69, 9.17) is 0 Å². The van der Waals surface area contributed by atoms with Crippen LogP contribution in [0.25, 0.3) is 0 Å². The second-order valence-electron chi connectivity index (χ2n) is 4.62. The van der Waals surface area contributed by atoms with Crippen LogP contribution < -0.4 is 0 Å². The Balaban J connectivity index is 2.32. The van der Waals surface area contributed by atoms with E-state index in [1.54, 1.807) is 31.9 Å². The first-order chi connectivity index (χ1) is 10.0. The van der Waals surface area contributed by atoms with Crippen LogP contribution in [0.4, 0.5) is 4.39 Å². The van der Waals surface area contributed by atoms with Crippen molar-refractivity contribution in [2.24, 2.45) is 0 Å². The lowest BCUT2D eigenvalue weighted by Gasteiger charge is -2.14. The highest BCUT2D eigenvalue weighted by Crippen LogP contribution is 2.32. The summed E-state index contributed by atoms with van der Waals surface area (Å²) in [7, 11) is 3.32. The fraction of sp³-hybridized carbons (Fsp3) is 0.188. The lowest BCUT2D eigenvalue weighted by atomic mass is 10.2. The van der Waals surface area contributed by atoms with Gasteiger partial charge < -0.3 is 4.90 Å². The number of thioether (sulfide) groups is 1. The highest BCUT2D eigenvalue weighted by molar-refractivity contribution is 7.99. The summed E-state index contributed by atoms with van der Waals surface area (Å²) >= 11 is 3.14. The van der Waals surface area contributed by atoms with E-state index in [9.17, 15) is 9.18 Å². The second kappa shape index (κ2) is 7.00. The third-order valence-electron chi connectivity index (χ3n) is 2.87. The van der Waals surface area contributed by atoms with Crippen LogP contribution in [0.15, 0.2) is 57.2 Å². The van der Waals surface area contributed by atoms with Gasteiger partial charge in [0.2, 0.25) is 0 Å². The van der Waals surface area contributed by atoms with Gasteiger partial charge in [-0.3, -0.25) is 4.79 Å². The smallest absolute Gasteiger partial charge is 0.254 e. The summed E-state index contributed by atoms with van der Waals surface area (Å²) in [6.45, 7) is 0. The van der Waals surface area contributed by atoms with Crippen LogP contribution in [0, 0.1) is 5.82 Å². The predicted molar refractivity (Wildman–Crippen MR) is 86.8 cm³/mol. The molecule has 0 N–H and O–H groups in total. The second-order valence-corrected chi connectivity index (χ2v) is 6.61. The number of rotatable bonds is 4. The maximum Gasteiger partial charge on any atom is 0.254 e. The Morgan fingerprint density at radius 2 is 1.67 bits per heavy atom. The van der Waals surface area contributed by atoms with Gasteiger partial charge in [0.05, 0.1) is 5.56 Å². The summed E-state index contributed by atoms with van der Waals surface area (Å²) in [5.74, 6) is -0.597. The Hall–Kier alpha value is -1.46. The van der Waals surface area contributed by atoms with Crippen LogP contribution in [0.2, 0.25) is 0 Å². The quantitative estimate of drug-likeness (QED) is 0.779. The largest absolute Gasteiger partial charge is 0.345 e. The van der Waals surface area contributed by atoms with Gasteiger partial charge in [0.1, 0.15) is 5.82 Å². The highest BCUT2D eigenvalue weighted by Gasteiger charge is 2.15. The molecule has 2 aromatic rings. The molecule has 0 saturated carbocycles. The molecule has 1 amide bonds. The van der Waals surface area contributed by atoms with Gasteiger partial charge in [-0.25, -0.2) is 4.39 Å². The number of halogens is 1. The molecule has 5 heteroatoms. The molecule has 110 valence electrons. The van der Waals surface area contributed by atoms with Crippen molar-refractivity contribution in [2.45, 2.75) is 14.7 Å². The number of hydrogen-bond acceptors (Lipinski definition) is 3. The zero-order chi connectivity index (χ0) is 15.4. The van der Waals surface area contributed by atoms with Crippen molar-refractivity contribution in [1.29, 1.82) is 0 Å². The molecular formula is C16H16FNOS2. The first kappa shape index (κ1) is 15.9. The molecule has 2 rings (SSSR count). The average molecular weight is 321 g/mol. The molecule has 21 heavy (non-hydrogen) atoms. The lowest BCUT2D eigenvalue weighted by molar-refractivity contribution is 0.0824. The Labute approximate surface area is 132 Å². The standard InChI is InChI=1S/C16H16FNOS2/c1-18(2)16(19)14-10-11(17)4-9-15(14)21-13-7-5-12(20-3)6-8-13/h4-10H,1-3H3. The summed E-state index contributed by atoms with van der Waals surface area (Å²) in [4.78, 5) is 16.6. The van der Waals surface area contributed by atoms with Gasteiger partial charge in [0.25, 0.3) is 5.91 Å². The Morgan fingerprint density at radius 3 is 2.24 bits per heavy atom. The highest BCUT2D eigenvalue weighted by atomic mass is 32.2. The molecule has 2 nitrogen and oxygen atoms in total. The Kier molecular flexibility index (Phi) is 5.31.